The van der Waals surface area contributed by atoms with E-state index in [1.54, 1.807) is 13.0 Å². The molecule has 0 saturated carbocycles. The van der Waals surface area contributed by atoms with Gasteiger partial charge in [0.15, 0.2) is 0 Å². The third kappa shape index (κ3) is 6.26. The number of nitrogens with one attached hydrogen (secondary N) is 4. The van der Waals surface area contributed by atoms with Gasteiger partial charge in [-0.1, -0.05) is 11.6 Å². The molecule has 7 nitrogen and oxygen atoms in total. The molecule has 0 radical (unpaired) electrons. The highest BCUT2D eigenvalue weighted by molar-refractivity contribution is 6.31. The molecule has 0 fully saturated rings. The number of alkyl halides is 3. The van der Waals surface area contributed by atoms with Crippen LogP contribution in [0.2, 0.25) is 5.02 Å². The van der Waals surface area contributed by atoms with E-state index in [1.165, 1.54) is 6.07 Å². The van der Waals surface area contributed by atoms with Gasteiger partial charge in [-0.05, 0) is 32.2 Å². The number of nitrogens with zero attached hydrogens (tertiary/aromatic N) is 2. The van der Waals surface area contributed by atoms with Crippen LogP contribution in [0.5, 0.6) is 0 Å². The maximum Gasteiger partial charge on any atom is 0.417 e. The van der Waals surface area contributed by atoms with Crippen LogP contribution in [0.4, 0.5) is 35.4 Å². The van der Waals surface area contributed by atoms with E-state index in [0.29, 0.717) is 24.6 Å². The quantitative estimate of drug-likeness (QED) is 0.553. The largest absolute Gasteiger partial charge is 0.417 e. The number of urea groups is 1. The number of halogens is 4. The Morgan fingerprint density at radius 1 is 1.15 bits per heavy atom. The van der Waals surface area contributed by atoms with Gasteiger partial charge in [0.05, 0.1) is 10.6 Å². The third-order valence-electron chi connectivity index (χ3n) is 3.29. The molecule has 1 aromatic carbocycles. The number of anilines is 3. The van der Waals surface area contributed by atoms with E-state index in [-0.39, 0.29) is 11.6 Å². The molecule has 4 N–H and O–H groups in total. The van der Waals surface area contributed by atoms with Gasteiger partial charge >= 0.3 is 12.2 Å². The van der Waals surface area contributed by atoms with Crippen LogP contribution in [0.1, 0.15) is 11.3 Å². The fraction of sp³-hybridized carbons (Fsp3) is 0.312. The zero-order valence-corrected chi connectivity index (χ0v) is 15.3. The van der Waals surface area contributed by atoms with Gasteiger partial charge in [-0.2, -0.15) is 18.2 Å². The lowest BCUT2D eigenvalue weighted by Crippen LogP contribution is -2.22. The van der Waals surface area contributed by atoms with Gasteiger partial charge in [0.2, 0.25) is 5.95 Å². The first-order chi connectivity index (χ1) is 12.7. The molecule has 27 heavy (non-hydrogen) atoms. The van der Waals surface area contributed by atoms with Crippen LogP contribution in [-0.2, 0) is 6.18 Å². The second-order valence-electron chi connectivity index (χ2n) is 5.52. The number of rotatable bonds is 6. The second-order valence-corrected chi connectivity index (χ2v) is 5.93. The van der Waals surface area contributed by atoms with Gasteiger partial charge in [0.1, 0.15) is 5.82 Å². The Morgan fingerprint density at radius 2 is 1.89 bits per heavy atom. The van der Waals surface area contributed by atoms with E-state index >= 15 is 0 Å². The summed E-state index contributed by atoms with van der Waals surface area (Å²) >= 11 is 5.55. The molecular weight excluding hydrogens is 385 g/mol. The molecule has 0 aliphatic heterocycles. The van der Waals surface area contributed by atoms with Gasteiger partial charge in [-0.25, -0.2) is 9.78 Å². The molecular formula is C16H18ClF3N6O. The number of carbonyl (C=O) groups is 1. The third-order valence-corrected chi connectivity index (χ3v) is 3.62. The van der Waals surface area contributed by atoms with Crippen molar-refractivity contribution in [3.8, 4) is 0 Å². The Hall–Kier alpha value is -2.59. The van der Waals surface area contributed by atoms with Crippen molar-refractivity contribution in [2.24, 2.45) is 0 Å². The molecule has 2 amide bonds. The van der Waals surface area contributed by atoms with E-state index < -0.39 is 22.8 Å². The summed E-state index contributed by atoms with van der Waals surface area (Å²) in [5.41, 5.74) is -0.493. The minimum atomic E-state index is -4.63. The van der Waals surface area contributed by atoms with Crippen molar-refractivity contribution in [1.82, 2.24) is 15.3 Å². The van der Waals surface area contributed by atoms with Crippen molar-refractivity contribution in [2.45, 2.75) is 13.1 Å². The zero-order valence-electron chi connectivity index (χ0n) is 14.5. The normalized spacial score (nSPS) is 11.2. The van der Waals surface area contributed by atoms with E-state index in [4.69, 9.17) is 11.6 Å². The van der Waals surface area contributed by atoms with Gasteiger partial charge < -0.3 is 16.0 Å². The van der Waals surface area contributed by atoms with Crippen LogP contribution in [-0.4, -0.2) is 36.1 Å². The van der Waals surface area contributed by atoms with Crippen LogP contribution >= 0.6 is 11.6 Å². The Bertz CT molecular complexity index is 815. The summed E-state index contributed by atoms with van der Waals surface area (Å²) in [6.07, 6.45) is -4.63. The van der Waals surface area contributed by atoms with Gasteiger partial charge in [0.25, 0.3) is 0 Å². The average Bonchev–Trinajstić information content (AvgIpc) is 2.55. The molecule has 2 rings (SSSR count). The summed E-state index contributed by atoms with van der Waals surface area (Å²) in [5.74, 6) is 0.531. The fourth-order valence-electron chi connectivity index (χ4n) is 2.11. The van der Waals surface area contributed by atoms with Crippen LogP contribution in [0.25, 0.3) is 0 Å². The van der Waals surface area contributed by atoms with Crippen LogP contribution in [0.3, 0.4) is 0 Å². The van der Waals surface area contributed by atoms with Gasteiger partial charge in [0, 0.05) is 30.5 Å². The number of likely N-dealkylation sites (N-methyl/N-ethyl adjacent to an activating group) is 1. The molecule has 0 aliphatic rings. The molecule has 0 atom stereocenters. The predicted molar refractivity (Wildman–Crippen MR) is 98.3 cm³/mol. The summed E-state index contributed by atoms with van der Waals surface area (Å²) in [6.45, 7) is 3.05. The number of hydrogen-bond donors (Lipinski definition) is 4. The molecule has 1 heterocycles. The summed E-state index contributed by atoms with van der Waals surface area (Å²) in [6, 6.07) is 4.00. The number of carbonyl (C=O) groups excluding carboxylic acids is 1. The molecule has 146 valence electrons. The van der Waals surface area contributed by atoms with Crippen molar-refractivity contribution in [1.29, 1.82) is 0 Å². The summed E-state index contributed by atoms with van der Waals surface area (Å²) in [4.78, 5) is 20.3. The molecule has 2 aromatic rings. The lowest BCUT2D eigenvalue weighted by atomic mass is 10.2. The summed E-state index contributed by atoms with van der Waals surface area (Å²) < 4.78 is 38.7. The Kier molecular flexibility index (Phi) is 6.81. The van der Waals surface area contributed by atoms with Crippen molar-refractivity contribution < 1.29 is 18.0 Å². The first kappa shape index (κ1) is 20.7. The Labute approximate surface area is 158 Å². The number of aryl methyl sites for hydroxylation is 1. The lowest BCUT2D eigenvalue weighted by Gasteiger charge is -2.12. The highest BCUT2D eigenvalue weighted by Gasteiger charge is 2.33. The molecule has 1 aromatic heterocycles. The van der Waals surface area contributed by atoms with Crippen LogP contribution in [0.15, 0.2) is 24.3 Å². The van der Waals surface area contributed by atoms with Crippen molar-refractivity contribution in [3.63, 3.8) is 0 Å². The minimum Gasteiger partial charge on any atom is -0.369 e. The molecule has 11 heteroatoms. The fourth-order valence-corrected chi connectivity index (χ4v) is 2.34. The van der Waals surface area contributed by atoms with Gasteiger partial charge in [-0.3, -0.25) is 5.32 Å². The SMILES string of the molecule is CNCCNc1cc(C)nc(NC(=O)Nc2ccc(Cl)c(C(F)(F)F)c2)n1. The summed E-state index contributed by atoms with van der Waals surface area (Å²) in [7, 11) is 1.81. The van der Waals surface area contributed by atoms with Crippen molar-refractivity contribution >= 4 is 35.1 Å². The average molecular weight is 403 g/mol. The van der Waals surface area contributed by atoms with E-state index in [0.717, 1.165) is 12.1 Å². The highest BCUT2D eigenvalue weighted by Crippen LogP contribution is 2.36. The lowest BCUT2D eigenvalue weighted by molar-refractivity contribution is -0.137. The van der Waals surface area contributed by atoms with E-state index in [9.17, 15) is 18.0 Å². The molecule has 0 saturated heterocycles. The van der Waals surface area contributed by atoms with Gasteiger partial charge in [-0.15, -0.1) is 0 Å². The molecule has 0 unspecified atom stereocenters. The number of hydrogen-bond acceptors (Lipinski definition) is 5. The topological polar surface area (TPSA) is 91.0 Å². The second kappa shape index (κ2) is 8.87. The first-order valence-corrected chi connectivity index (χ1v) is 8.25. The van der Waals surface area contributed by atoms with E-state index in [2.05, 4.69) is 31.2 Å². The molecule has 0 bridgehead atoms. The first-order valence-electron chi connectivity index (χ1n) is 7.88. The van der Waals surface area contributed by atoms with Crippen LogP contribution in [0, 0.1) is 6.92 Å². The Balaban J connectivity index is 2.08. The molecule has 0 aliphatic carbocycles. The highest BCUT2D eigenvalue weighted by atomic mass is 35.5. The summed E-state index contributed by atoms with van der Waals surface area (Å²) in [5, 5.41) is 10.3. The number of amides is 2. The van der Waals surface area contributed by atoms with E-state index in [1.807, 2.05) is 7.05 Å². The van der Waals surface area contributed by atoms with Crippen LogP contribution < -0.4 is 21.3 Å². The standard InChI is InChI=1S/C16H18ClF3N6O/c1-9-7-13(22-6-5-21-2)25-14(23-9)26-15(27)24-10-3-4-12(17)11(8-10)16(18,19)20/h3-4,7-8,21H,5-6H2,1-2H3,(H3,22,23,24,25,26,27). The number of aromatic nitrogens is 2. The smallest absolute Gasteiger partial charge is 0.369 e. The maximum atomic E-state index is 12.9. The zero-order chi connectivity index (χ0) is 20.0. The Morgan fingerprint density at radius 3 is 2.56 bits per heavy atom. The molecule has 0 spiro atoms. The van der Waals surface area contributed by atoms with Crippen molar-refractivity contribution in [2.75, 3.05) is 36.1 Å². The number of benzene rings is 1. The maximum absolute atomic E-state index is 12.9. The van der Waals surface area contributed by atoms with Crippen molar-refractivity contribution in [3.05, 3.63) is 40.5 Å². The monoisotopic (exact) mass is 402 g/mol. The predicted octanol–water partition coefficient (Wildman–Crippen LogP) is 3.73. The minimum absolute atomic E-state index is 0.0180.